The molecule has 0 saturated heterocycles. The number of rotatable bonds is 1. The lowest BCUT2D eigenvalue weighted by Gasteiger charge is -2.20. The molecule has 0 saturated carbocycles. The van der Waals surface area contributed by atoms with Crippen molar-refractivity contribution in [2.75, 3.05) is 0 Å². The van der Waals surface area contributed by atoms with Gasteiger partial charge in [0.1, 0.15) is 11.5 Å². The Labute approximate surface area is 109 Å². The van der Waals surface area contributed by atoms with Gasteiger partial charge in [0.25, 0.3) is 0 Å². The van der Waals surface area contributed by atoms with Gasteiger partial charge in [0.2, 0.25) is 5.82 Å². The maximum absolute atomic E-state index is 5.93. The van der Waals surface area contributed by atoms with Crippen molar-refractivity contribution in [3.63, 3.8) is 0 Å². The average molecular weight is 250 g/mol. The summed E-state index contributed by atoms with van der Waals surface area (Å²) in [6.45, 7) is 0. The van der Waals surface area contributed by atoms with E-state index in [0.717, 1.165) is 23.5 Å². The van der Waals surface area contributed by atoms with Gasteiger partial charge < -0.3 is 4.74 Å². The Morgan fingerprint density at radius 1 is 1.00 bits per heavy atom. The molecule has 19 heavy (non-hydrogen) atoms. The van der Waals surface area contributed by atoms with Crippen molar-refractivity contribution < 1.29 is 4.74 Å². The largest absolute Gasteiger partial charge is 0.457 e. The Bertz CT molecular complexity index is 737. The molecular formula is C14H10N4O. The number of benzene rings is 2. The van der Waals surface area contributed by atoms with Crippen LogP contribution in [0.15, 0.2) is 42.5 Å². The van der Waals surface area contributed by atoms with E-state index in [-0.39, 0.29) is 0 Å². The Morgan fingerprint density at radius 2 is 1.89 bits per heavy atom. The van der Waals surface area contributed by atoms with Crippen LogP contribution in [0.25, 0.3) is 11.4 Å². The minimum atomic E-state index is 0.574. The first-order valence-corrected chi connectivity index (χ1v) is 6.03. The van der Waals surface area contributed by atoms with E-state index >= 15 is 0 Å². The van der Waals surface area contributed by atoms with Gasteiger partial charge in [0, 0.05) is 12.0 Å². The van der Waals surface area contributed by atoms with E-state index in [1.54, 1.807) is 0 Å². The predicted molar refractivity (Wildman–Crippen MR) is 68.9 cm³/mol. The molecule has 92 valence electrons. The van der Waals surface area contributed by atoms with E-state index in [2.05, 4.69) is 32.8 Å². The molecule has 0 unspecified atom stereocenters. The van der Waals surface area contributed by atoms with Gasteiger partial charge in [-0.1, -0.05) is 30.3 Å². The minimum absolute atomic E-state index is 0.574. The number of H-pyrrole nitrogens is 1. The summed E-state index contributed by atoms with van der Waals surface area (Å²) >= 11 is 0. The maximum Gasteiger partial charge on any atom is 0.204 e. The van der Waals surface area contributed by atoms with Crippen LogP contribution in [0.3, 0.4) is 0 Å². The molecule has 1 N–H and O–H groups in total. The fourth-order valence-electron chi connectivity index (χ4n) is 2.29. The van der Waals surface area contributed by atoms with Crippen LogP contribution in [0.2, 0.25) is 0 Å². The van der Waals surface area contributed by atoms with Crippen molar-refractivity contribution >= 4 is 0 Å². The third-order valence-corrected chi connectivity index (χ3v) is 3.24. The van der Waals surface area contributed by atoms with Crippen LogP contribution in [0, 0.1) is 0 Å². The predicted octanol–water partition coefficient (Wildman–Crippen LogP) is 2.56. The zero-order valence-electron chi connectivity index (χ0n) is 10.00. The van der Waals surface area contributed by atoms with Crippen molar-refractivity contribution in [1.29, 1.82) is 0 Å². The van der Waals surface area contributed by atoms with Gasteiger partial charge >= 0.3 is 0 Å². The molecule has 0 spiro atoms. The number of hydrogen-bond acceptors (Lipinski definition) is 4. The molecule has 5 heteroatoms. The van der Waals surface area contributed by atoms with Gasteiger partial charge in [-0.2, -0.15) is 5.21 Å². The molecule has 0 aliphatic carbocycles. The van der Waals surface area contributed by atoms with Gasteiger partial charge in [0.15, 0.2) is 0 Å². The highest BCUT2D eigenvalue weighted by Gasteiger charge is 2.17. The van der Waals surface area contributed by atoms with Crippen molar-refractivity contribution in [1.82, 2.24) is 20.6 Å². The normalized spacial score (nSPS) is 12.4. The number of fused-ring (bicyclic) bond motifs is 2. The van der Waals surface area contributed by atoms with E-state index in [1.165, 1.54) is 11.1 Å². The summed E-state index contributed by atoms with van der Waals surface area (Å²) in [6, 6.07) is 14.1. The summed E-state index contributed by atoms with van der Waals surface area (Å²) in [7, 11) is 0. The highest BCUT2D eigenvalue weighted by molar-refractivity contribution is 5.61. The molecule has 1 aromatic heterocycles. The molecule has 3 aromatic rings. The van der Waals surface area contributed by atoms with Crippen molar-refractivity contribution in [2.24, 2.45) is 0 Å². The lowest BCUT2D eigenvalue weighted by Crippen LogP contribution is -2.02. The second kappa shape index (κ2) is 3.91. The van der Waals surface area contributed by atoms with Gasteiger partial charge in [-0.3, -0.25) is 0 Å². The second-order valence-electron chi connectivity index (χ2n) is 4.44. The van der Waals surface area contributed by atoms with Gasteiger partial charge in [-0.25, -0.2) is 0 Å². The van der Waals surface area contributed by atoms with Gasteiger partial charge in [-0.15, -0.1) is 10.2 Å². The Morgan fingerprint density at radius 3 is 2.79 bits per heavy atom. The molecule has 5 nitrogen and oxygen atoms in total. The summed E-state index contributed by atoms with van der Waals surface area (Å²) < 4.78 is 5.93. The summed E-state index contributed by atoms with van der Waals surface area (Å²) in [5.41, 5.74) is 3.28. The van der Waals surface area contributed by atoms with Crippen molar-refractivity contribution in [3.05, 3.63) is 53.6 Å². The minimum Gasteiger partial charge on any atom is -0.457 e. The number of para-hydroxylation sites is 1. The van der Waals surface area contributed by atoms with Gasteiger partial charge in [-0.05, 0) is 28.5 Å². The molecule has 0 fully saturated rings. The molecule has 0 amide bonds. The molecule has 0 atom stereocenters. The molecule has 0 radical (unpaired) electrons. The molecule has 1 aliphatic rings. The van der Waals surface area contributed by atoms with Gasteiger partial charge in [0.05, 0.1) is 0 Å². The van der Waals surface area contributed by atoms with E-state index in [9.17, 15) is 0 Å². The smallest absolute Gasteiger partial charge is 0.204 e. The number of aromatic nitrogens is 4. The molecule has 4 rings (SSSR count). The molecule has 1 aliphatic heterocycles. The molecular weight excluding hydrogens is 240 g/mol. The van der Waals surface area contributed by atoms with E-state index in [4.69, 9.17) is 4.74 Å². The zero-order chi connectivity index (χ0) is 12.7. The van der Waals surface area contributed by atoms with Crippen LogP contribution in [0.5, 0.6) is 11.5 Å². The number of ether oxygens (including phenoxy) is 1. The summed E-state index contributed by atoms with van der Waals surface area (Å²) in [4.78, 5) is 0. The first-order valence-electron chi connectivity index (χ1n) is 6.03. The lowest BCUT2D eigenvalue weighted by atomic mass is 9.99. The maximum atomic E-state index is 5.93. The van der Waals surface area contributed by atoms with Crippen LogP contribution in [0.1, 0.15) is 11.1 Å². The molecule has 2 heterocycles. The fourth-order valence-corrected chi connectivity index (χ4v) is 2.29. The van der Waals surface area contributed by atoms with Crippen LogP contribution in [0.4, 0.5) is 0 Å². The first kappa shape index (κ1) is 10.3. The zero-order valence-corrected chi connectivity index (χ0v) is 10.00. The van der Waals surface area contributed by atoms with Crippen LogP contribution in [-0.4, -0.2) is 20.6 Å². The summed E-state index contributed by atoms with van der Waals surface area (Å²) in [5.74, 6) is 2.35. The topological polar surface area (TPSA) is 63.7 Å². The number of aromatic amines is 1. The third kappa shape index (κ3) is 1.67. The van der Waals surface area contributed by atoms with Crippen molar-refractivity contribution in [3.8, 4) is 22.9 Å². The van der Waals surface area contributed by atoms with E-state index < -0.39 is 0 Å². The van der Waals surface area contributed by atoms with Crippen LogP contribution in [-0.2, 0) is 6.42 Å². The summed E-state index contributed by atoms with van der Waals surface area (Å²) in [6.07, 6.45) is 0.887. The van der Waals surface area contributed by atoms with Crippen LogP contribution >= 0.6 is 0 Å². The monoisotopic (exact) mass is 250 g/mol. The standard InChI is InChI=1S/C14H10N4O/c1-2-4-12-9(3-1)7-10-5-6-11(8-13(10)19-12)14-15-17-18-16-14/h1-6,8H,7H2,(H,15,16,17,18). The van der Waals surface area contributed by atoms with Crippen LogP contribution < -0.4 is 4.74 Å². The highest BCUT2D eigenvalue weighted by atomic mass is 16.5. The number of nitrogens with one attached hydrogen (secondary N) is 1. The third-order valence-electron chi connectivity index (χ3n) is 3.24. The number of tetrazole rings is 1. The van der Waals surface area contributed by atoms with Crippen molar-refractivity contribution in [2.45, 2.75) is 6.42 Å². The second-order valence-corrected chi connectivity index (χ2v) is 4.44. The van der Waals surface area contributed by atoms with E-state index in [1.807, 2.05) is 30.3 Å². The SMILES string of the molecule is c1ccc2c(c1)Cc1ccc(-c3nn[nH]n3)cc1O2. The highest BCUT2D eigenvalue weighted by Crippen LogP contribution is 2.37. The Hall–Kier alpha value is -2.69. The fraction of sp³-hybridized carbons (Fsp3) is 0.0714. The molecule has 0 bridgehead atoms. The first-order chi connectivity index (χ1) is 9.40. The molecule has 2 aromatic carbocycles. The number of nitrogens with zero attached hydrogens (tertiary/aromatic N) is 3. The average Bonchev–Trinajstić information content (AvgIpc) is 2.98. The Balaban J connectivity index is 1.78. The van der Waals surface area contributed by atoms with E-state index in [0.29, 0.717) is 5.82 Å². The number of hydrogen-bond donors (Lipinski definition) is 1. The lowest BCUT2D eigenvalue weighted by molar-refractivity contribution is 0.460. The Kier molecular flexibility index (Phi) is 2.11. The quantitative estimate of drug-likeness (QED) is 0.564. The summed E-state index contributed by atoms with van der Waals surface area (Å²) in [5, 5.41) is 14.0.